The van der Waals surface area contributed by atoms with Gasteiger partial charge in [-0.2, -0.15) is 0 Å². The van der Waals surface area contributed by atoms with Gasteiger partial charge in [-0.05, 0) is 30.5 Å². The van der Waals surface area contributed by atoms with Gasteiger partial charge in [-0.25, -0.2) is 13.8 Å². The number of aromatic nitrogens is 1. The lowest BCUT2D eigenvalue weighted by Gasteiger charge is -2.23. The van der Waals surface area contributed by atoms with Crippen LogP contribution in [-0.2, 0) is 4.79 Å². The summed E-state index contributed by atoms with van der Waals surface area (Å²) in [6.45, 7) is 2.11. The van der Waals surface area contributed by atoms with Gasteiger partial charge in [0.2, 0.25) is 11.8 Å². The summed E-state index contributed by atoms with van der Waals surface area (Å²) in [6, 6.07) is 12.1. The fourth-order valence-corrected chi connectivity index (χ4v) is 4.24. The van der Waals surface area contributed by atoms with Crippen molar-refractivity contribution in [1.82, 2.24) is 15.2 Å². The van der Waals surface area contributed by atoms with Gasteiger partial charge in [0, 0.05) is 25.1 Å². The first-order valence-electron chi connectivity index (χ1n) is 10.4. The van der Waals surface area contributed by atoms with E-state index in [1.165, 1.54) is 12.0 Å². The summed E-state index contributed by atoms with van der Waals surface area (Å²) in [7, 11) is 1.48. The second-order valence-electron chi connectivity index (χ2n) is 8.22. The van der Waals surface area contributed by atoms with Crippen molar-refractivity contribution in [1.29, 1.82) is 0 Å². The van der Waals surface area contributed by atoms with Crippen LogP contribution in [0.4, 0.5) is 8.78 Å². The summed E-state index contributed by atoms with van der Waals surface area (Å²) in [5.74, 6) is -3.23. The van der Waals surface area contributed by atoms with Gasteiger partial charge < -0.3 is 15.0 Å². The average molecular weight is 429 g/mol. The summed E-state index contributed by atoms with van der Waals surface area (Å²) in [6.07, 6.45) is 0.490. The molecule has 0 bridgehead atoms. The van der Waals surface area contributed by atoms with Crippen LogP contribution in [0.15, 0.2) is 42.5 Å². The molecule has 1 spiro atoms. The van der Waals surface area contributed by atoms with Crippen LogP contribution in [0.3, 0.4) is 0 Å². The summed E-state index contributed by atoms with van der Waals surface area (Å²) in [5, 5.41) is 2.70. The monoisotopic (exact) mass is 429 g/mol. The van der Waals surface area contributed by atoms with E-state index in [1.54, 1.807) is 19.1 Å². The van der Waals surface area contributed by atoms with E-state index in [9.17, 15) is 18.4 Å². The molecule has 6 nitrogen and oxygen atoms in total. The van der Waals surface area contributed by atoms with Crippen LogP contribution in [0.5, 0.6) is 5.88 Å². The molecule has 2 heterocycles. The first-order chi connectivity index (χ1) is 14.8. The fourth-order valence-electron chi connectivity index (χ4n) is 4.24. The van der Waals surface area contributed by atoms with E-state index in [-0.39, 0.29) is 24.6 Å². The van der Waals surface area contributed by atoms with Gasteiger partial charge in [0.15, 0.2) is 0 Å². The molecule has 2 amide bonds. The Kier molecular flexibility index (Phi) is 5.41. The Labute approximate surface area is 179 Å². The van der Waals surface area contributed by atoms with Gasteiger partial charge in [0.25, 0.3) is 11.8 Å². The van der Waals surface area contributed by atoms with Crippen molar-refractivity contribution >= 4 is 11.8 Å². The Bertz CT molecular complexity index is 999. The van der Waals surface area contributed by atoms with Crippen LogP contribution in [0.2, 0.25) is 0 Å². The number of pyridine rings is 1. The van der Waals surface area contributed by atoms with Gasteiger partial charge in [0.05, 0.1) is 12.5 Å². The molecule has 4 rings (SSSR count). The van der Waals surface area contributed by atoms with Crippen LogP contribution in [0, 0.1) is 5.41 Å². The van der Waals surface area contributed by atoms with Gasteiger partial charge >= 0.3 is 0 Å². The van der Waals surface area contributed by atoms with E-state index in [4.69, 9.17) is 4.74 Å². The number of hydrogen-bond donors (Lipinski definition) is 1. The molecule has 1 aliphatic carbocycles. The Balaban J connectivity index is 1.46. The Hall–Kier alpha value is -3.03. The molecule has 1 N–H and O–H groups in total. The molecular weight excluding hydrogens is 404 g/mol. The van der Waals surface area contributed by atoms with E-state index in [2.05, 4.69) is 10.3 Å². The first-order valence-corrected chi connectivity index (χ1v) is 10.4. The highest BCUT2D eigenvalue weighted by molar-refractivity contribution is 5.96. The number of nitrogens with one attached hydrogen (secondary N) is 1. The van der Waals surface area contributed by atoms with Crippen molar-refractivity contribution in [2.24, 2.45) is 5.41 Å². The van der Waals surface area contributed by atoms with E-state index in [0.717, 1.165) is 11.1 Å². The molecule has 1 aromatic carbocycles. The van der Waals surface area contributed by atoms with Gasteiger partial charge in [-0.15, -0.1) is 0 Å². The van der Waals surface area contributed by atoms with Gasteiger partial charge in [-0.1, -0.05) is 37.3 Å². The quantitative estimate of drug-likeness (QED) is 0.763. The minimum absolute atomic E-state index is 0.0447. The number of nitrogens with zero attached hydrogens (tertiary/aromatic N) is 2. The van der Waals surface area contributed by atoms with Crippen molar-refractivity contribution in [3.63, 3.8) is 0 Å². The zero-order chi connectivity index (χ0) is 22.2. The number of likely N-dealkylation sites (tertiary alicyclic amines) is 1. The van der Waals surface area contributed by atoms with E-state index >= 15 is 0 Å². The molecule has 2 atom stereocenters. The van der Waals surface area contributed by atoms with Crippen LogP contribution in [0.1, 0.15) is 36.7 Å². The second-order valence-corrected chi connectivity index (χ2v) is 8.22. The second kappa shape index (κ2) is 7.90. The molecule has 8 heteroatoms. The lowest BCUT2D eigenvalue weighted by molar-refractivity contribution is -0.132. The number of hydrogen-bond acceptors (Lipinski definition) is 4. The van der Waals surface area contributed by atoms with Gasteiger partial charge in [0.1, 0.15) is 11.7 Å². The number of halogens is 2. The first kappa shape index (κ1) is 21.2. The van der Waals surface area contributed by atoms with Crippen molar-refractivity contribution in [3.8, 4) is 17.0 Å². The zero-order valence-corrected chi connectivity index (χ0v) is 17.5. The summed E-state index contributed by atoms with van der Waals surface area (Å²) < 4.78 is 32.6. The molecular formula is C23H25F2N3O3. The summed E-state index contributed by atoms with van der Waals surface area (Å²) in [4.78, 5) is 31.4. The summed E-state index contributed by atoms with van der Waals surface area (Å²) in [5.41, 5.74) is 0.706. The third-order valence-corrected chi connectivity index (χ3v) is 6.26. The third-order valence-electron chi connectivity index (χ3n) is 6.26. The van der Waals surface area contributed by atoms with Crippen LogP contribution < -0.4 is 10.1 Å². The Morgan fingerprint density at radius 1 is 1.23 bits per heavy atom. The van der Waals surface area contributed by atoms with Crippen molar-refractivity contribution < 1.29 is 23.1 Å². The maximum absolute atomic E-state index is 13.6. The highest BCUT2D eigenvalue weighted by Crippen LogP contribution is 2.65. The SMILES string of the molecule is CC[C@H](NC(=O)c1ccc(-c2ccccc2)c(OC)n1)C(=O)N1CC[C@@]2(C1)CC2(F)F. The van der Waals surface area contributed by atoms with E-state index in [0.29, 0.717) is 25.3 Å². The lowest BCUT2D eigenvalue weighted by Crippen LogP contribution is -2.48. The number of methoxy groups -OCH3 is 1. The molecule has 1 saturated carbocycles. The summed E-state index contributed by atoms with van der Waals surface area (Å²) >= 11 is 0. The van der Waals surface area contributed by atoms with Crippen LogP contribution in [0.25, 0.3) is 11.1 Å². The maximum Gasteiger partial charge on any atom is 0.270 e. The largest absolute Gasteiger partial charge is 0.481 e. The molecule has 1 saturated heterocycles. The number of carbonyl (C=O) groups is 2. The maximum atomic E-state index is 13.6. The normalized spacial score (nSPS) is 22.3. The number of alkyl halides is 2. The topological polar surface area (TPSA) is 71.5 Å². The van der Waals surface area contributed by atoms with Crippen LogP contribution in [-0.4, -0.2) is 53.9 Å². The minimum Gasteiger partial charge on any atom is -0.481 e. The Morgan fingerprint density at radius 2 is 1.94 bits per heavy atom. The molecule has 164 valence electrons. The Morgan fingerprint density at radius 3 is 2.52 bits per heavy atom. The predicted octanol–water partition coefficient (Wildman–Crippen LogP) is 3.52. The molecule has 0 radical (unpaired) electrons. The number of rotatable bonds is 6. The van der Waals surface area contributed by atoms with Crippen molar-refractivity contribution in [2.75, 3.05) is 20.2 Å². The fraction of sp³-hybridized carbons (Fsp3) is 0.435. The van der Waals surface area contributed by atoms with Crippen molar-refractivity contribution in [2.45, 2.75) is 38.2 Å². The van der Waals surface area contributed by atoms with Crippen molar-refractivity contribution in [3.05, 3.63) is 48.2 Å². The molecule has 31 heavy (non-hydrogen) atoms. The smallest absolute Gasteiger partial charge is 0.270 e. The zero-order valence-electron chi connectivity index (χ0n) is 17.5. The molecule has 0 unspecified atom stereocenters. The number of ether oxygens (including phenoxy) is 1. The lowest BCUT2D eigenvalue weighted by atomic mass is 10.1. The highest BCUT2D eigenvalue weighted by Gasteiger charge is 2.73. The molecule has 2 aromatic rings. The van der Waals surface area contributed by atoms with Gasteiger partial charge in [-0.3, -0.25) is 9.59 Å². The third kappa shape index (κ3) is 3.86. The molecule has 2 fully saturated rings. The predicted molar refractivity (Wildman–Crippen MR) is 111 cm³/mol. The average Bonchev–Trinajstić information content (AvgIpc) is 3.10. The van der Waals surface area contributed by atoms with E-state index in [1.807, 2.05) is 30.3 Å². The highest BCUT2D eigenvalue weighted by atomic mass is 19.3. The molecule has 1 aromatic heterocycles. The molecule has 2 aliphatic rings. The standard InChI is InChI=1S/C23H25F2N3O3/c1-3-17(21(30)28-12-11-22(14-28)13-23(22,24)25)26-19(29)18-10-9-16(20(27-18)31-2)15-7-5-4-6-8-15/h4-10,17H,3,11-14H2,1-2H3,(H,26,29)/t17-,22-/m0/s1. The number of carbonyl (C=O) groups excluding carboxylic acids is 2. The number of benzene rings is 1. The molecule has 1 aliphatic heterocycles. The van der Waals surface area contributed by atoms with E-state index < -0.39 is 23.3 Å². The van der Waals surface area contributed by atoms with Crippen LogP contribution >= 0.6 is 0 Å². The minimum atomic E-state index is -2.69. The number of amides is 2.